The Labute approximate surface area is 86.5 Å². The highest BCUT2D eigenvalue weighted by Crippen LogP contribution is 2.21. The van der Waals surface area contributed by atoms with Crippen LogP contribution >= 0.6 is 12.2 Å². The molecule has 13 heavy (non-hydrogen) atoms. The van der Waals surface area contributed by atoms with Crippen molar-refractivity contribution in [2.24, 2.45) is 11.7 Å². The van der Waals surface area contributed by atoms with E-state index >= 15 is 0 Å². The van der Waals surface area contributed by atoms with Crippen LogP contribution in [0.1, 0.15) is 39.0 Å². The van der Waals surface area contributed by atoms with E-state index in [4.69, 9.17) is 18.0 Å². The highest BCUT2D eigenvalue weighted by atomic mass is 32.1. The minimum absolute atomic E-state index is 0.581. The Kier molecular flexibility index (Phi) is 4.50. The number of rotatable bonds is 2. The summed E-state index contributed by atoms with van der Waals surface area (Å²) in [5, 5.41) is 0.581. The van der Waals surface area contributed by atoms with Crippen molar-refractivity contribution in [2.75, 3.05) is 13.1 Å². The van der Waals surface area contributed by atoms with Gasteiger partial charge in [-0.2, -0.15) is 0 Å². The van der Waals surface area contributed by atoms with Crippen molar-refractivity contribution in [3.8, 4) is 0 Å². The summed E-state index contributed by atoms with van der Waals surface area (Å²) in [7, 11) is 0. The van der Waals surface area contributed by atoms with Crippen LogP contribution in [0.5, 0.6) is 0 Å². The van der Waals surface area contributed by atoms with Gasteiger partial charge >= 0.3 is 0 Å². The van der Waals surface area contributed by atoms with Crippen LogP contribution in [0.3, 0.4) is 0 Å². The number of hydrogen-bond donors (Lipinski definition) is 1. The Morgan fingerprint density at radius 2 is 2.23 bits per heavy atom. The molecule has 1 aliphatic heterocycles. The van der Waals surface area contributed by atoms with E-state index < -0.39 is 0 Å². The first-order chi connectivity index (χ1) is 6.24. The first kappa shape index (κ1) is 10.8. The second-order valence-electron chi connectivity index (χ2n) is 3.91. The minimum Gasteiger partial charge on any atom is -0.376 e. The van der Waals surface area contributed by atoms with Gasteiger partial charge in [0.2, 0.25) is 0 Å². The van der Waals surface area contributed by atoms with Gasteiger partial charge in [0.05, 0.1) is 0 Å². The molecule has 1 saturated heterocycles. The van der Waals surface area contributed by atoms with Gasteiger partial charge in [-0.3, -0.25) is 0 Å². The smallest absolute Gasteiger partial charge is 0.166 e. The van der Waals surface area contributed by atoms with Gasteiger partial charge < -0.3 is 10.6 Å². The molecule has 2 N–H and O–H groups in total. The van der Waals surface area contributed by atoms with Gasteiger partial charge in [-0.05, 0) is 37.4 Å². The predicted octanol–water partition coefficient (Wildman–Crippen LogP) is 2.13. The van der Waals surface area contributed by atoms with Crippen LogP contribution in [-0.4, -0.2) is 23.1 Å². The highest BCUT2D eigenvalue weighted by molar-refractivity contribution is 7.80. The Morgan fingerprint density at radius 3 is 2.85 bits per heavy atom. The molecule has 1 rings (SSSR count). The first-order valence-electron chi connectivity index (χ1n) is 5.28. The molecule has 3 heteroatoms. The number of nitrogens with two attached hydrogens (primary N) is 1. The average molecular weight is 200 g/mol. The van der Waals surface area contributed by atoms with Crippen molar-refractivity contribution >= 4 is 17.3 Å². The fourth-order valence-corrected chi connectivity index (χ4v) is 2.27. The van der Waals surface area contributed by atoms with Crippen LogP contribution in [0, 0.1) is 5.92 Å². The molecule has 0 spiro atoms. The van der Waals surface area contributed by atoms with Gasteiger partial charge in [-0.25, -0.2) is 0 Å². The van der Waals surface area contributed by atoms with E-state index in [1.54, 1.807) is 0 Å². The Bertz CT molecular complexity index is 170. The Morgan fingerprint density at radius 1 is 1.46 bits per heavy atom. The maximum atomic E-state index is 5.61. The van der Waals surface area contributed by atoms with E-state index in [1.165, 1.54) is 32.1 Å². The van der Waals surface area contributed by atoms with E-state index in [9.17, 15) is 0 Å². The summed E-state index contributed by atoms with van der Waals surface area (Å²) in [6.45, 7) is 4.39. The largest absolute Gasteiger partial charge is 0.376 e. The van der Waals surface area contributed by atoms with Crippen molar-refractivity contribution in [2.45, 2.75) is 39.0 Å². The first-order valence-corrected chi connectivity index (χ1v) is 5.69. The third-order valence-electron chi connectivity index (χ3n) is 2.86. The zero-order valence-electron chi connectivity index (χ0n) is 8.46. The van der Waals surface area contributed by atoms with Crippen molar-refractivity contribution < 1.29 is 0 Å². The van der Waals surface area contributed by atoms with Gasteiger partial charge in [-0.1, -0.05) is 19.8 Å². The van der Waals surface area contributed by atoms with E-state index in [2.05, 4.69) is 11.8 Å². The average Bonchev–Trinajstić information content (AvgIpc) is 2.30. The predicted molar refractivity (Wildman–Crippen MR) is 60.6 cm³/mol. The van der Waals surface area contributed by atoms with Crippen LogP contribution in [-0.2, 0) is 0 Å². The maximum absolute atomic E-state index is 5.61. The molecule has 1 unspecified atom stereocenters. The molecule has 0 amide bonds. The number of likely N-dealkylation sites (tertiary alicyclic amines) is 1. The zero-order valence-corrected chi connectivity index (χ0v) is 9.28. The monoisotopic (exact) mass is 200 g/mol. The molecule has 76 valence electrons. The molecule has 0 aromatic heterocycles. The van der Waals surface area contributed by atoms with Gasteiger partial charge in [0.25, 0.3) is 0 Å². The molecule has 0 saturated carbocycles. The SMILES string of the molecule is CCCC1CCCN(C(N)=S)CC1. The topological polar surface area (TPSA) is 29.3 Å². The van der Waals surface area contributed by atoms with Crippen LogP contribution in [0.2, 0.25) is 0 Å². The summed E-state index contributed by atoms with van der Waals surface area (Å²) < 4.78 is 0. The van der Waals surface area contributed by atoms with Crippen molar-refractivity contribution in [3.63, 3.8) is 0 Å². The number of hydrogen-bond acceptors (Lipinski definition) is 1. The molecule has 1 fully saturated rings. The fraction of sp³-hybridized carbons (Fsp3) is 0.900. The molecular formula is C10H20N2S. The van der Waals surface area contributed by atoms with Gasteiger partial charge in [0, 0.05) is 13.1 Å². The van der Waals surface area contributed by atoms with Crippen molar-refractivity contribution in [1.29, 1.82) is 0 Å². The van der Waals surface area contributed by atoms with Crippen molar-refractivity contribution in [3.05, 3.63) is 0 Å². The second kappa shape index (κ2) is 5.43. The van der Waals surface area contributed by atoms with Gasteiger partial charge in [0.15, 0.2) is 5.11 Å². The molecule has 0 aromatic carbocycles. The molecule has 1 heterocycles. The molecule has 2 nitrogen and oxygen atoms in total. The maximum Gasteiger partial charge on any atom is 0.166 e. The Hall–Kier alpha value is -0.310. The lowest BCUT2D eigenvalue weighted by Gasteiger charge is -2.20. The van der Waals surface area contributed by atoms with E-state index in [1.807, 2.05) is 0 Å². The lowest BCUT2D eigenvalue weighted by atomic mass is 9.96. The highest BCUT2D eigenvalue weighted by Gasteiger charge is 2.16. The molecule has 0 radical (unpaired) electrons. The molecule has 1 atom stereocenters. The summed E-state index contributed by atoms with van der Waals surface area (Å²) in [5.41, 5.74) is 5.61. The van der Waals surface area contributed by atoms with Crippen molar-refractivity contribution in [1.82, 2.24) is 4.90 Å². The summed E-state index contributed by atoms with van der Waals surface area (Å²) in [5.74, 6) is 0.907. The minimum atomic E-state index is 0.581. The van der Waals surface area contributed by atoms with Crippen LogP contribution < -0.4 is 5.73 Å². The quantitative estimate of drug-likeness (QED) is 0.692. The van der Waals surface area contributed by atoms with Crippen LogP contribution in [0.15, 0.2) is 0 Å². The second-order valence-corrected chi connectivity index (χ2v) is 4.33. The van der Waals surface area contributed by atoms with Gasteiger partial charge in [0.1, 0.15) is 0 Å². The third kappa shape index (κ3) is 3.51. The van der Waals surface area contributed by atoms with Crippen LogP contribution in [0.4, 0.5) is 0 Å². The Balaban J connectivity index is 2.35. The third-order valence-corrected chi connectivity index (χ3v) is 3.11. The molecule has 1 aliphatic rings. The van der Waals surface area contributed by atoms with Gasteiger partial charge in [-0.15, -0.1) is 0 Å². The standard InChI is InChI=1S/C10H20N2S/c1-2-4-9-5-3-7-12(8-6-9)10(11)13/h9H,2-8H2,1H3,(H2,11,13). The molecule has 0 aromatic rings. The van der Waals surface area contributed by atoms with E-state index in [0.29, 0.717) is 5.11 Å². The molecular weight excluding hydrogens is 180 g/mol. The normalized spacial score (nSPS) is 24.1. The van der Waals surface area contributed by atoms with E-state index in [0.717, 1.165) is 19.0 Å². The lowest BCUT2D eigenvalue weighted by Crippen LogP contribution is -2.36. The molecule has 0 aliphatic carbocycles. The summed E-state index contributed by atoms with van der Waals surface area (Å²) in [4.78, 5) is 2.14. The number of nitrogens with zero attached hydrogens (tertiary/aromatic N) is 1. The lowest BCUT2D eigenvalue weighted by molar-refractivity contribution is 0.404. The zero-order chi connectivity index (χ0) is 9.68. The number of thiocarbonyl (C=S) groups is 1. The fourth-order valence-electron chi connectivity index (χ4n) is 2.08. The van der Waals surface area contributed by atoms with E-state index in [-0.39, 0.29) is 0 Å². The van der Waals surface area contributed by atoms with Crippen LogP contribution in [0.25, 0.3) is 0 Å². The summed E-state index contributed by atoms with van der Waals surface area (Å²) in [6.07, 6.45) is 6.54. The molecule has 0 bridgehead atoms. The summed E-state index contributed by atoms with van der Waals surface area (Å²) >= 11 is 4.98. The summed E-state index contributed by atoms with van der Waals surface area (Å²) in [6, 6.07) is 0.